The molecular weight excluding hydrogens is 477 g/mol. The Labute approximate surface area is 205 Å². The predicted molar refractivity (Wildman–Crippen MR) is 131 cm³/mol. The molecule has 1 N–H and O–H groups in total. The van der Waals surface area contributed by atoms with Gasteiger partial charge in [0.05, 0.1) is 26.2 Å². The molecule has 0 heterocycles. The first-order chi connectivity index (χ1) is 16.4. The molecule has 0 aliphatic heterocycles. The molecule has 1 atom stereocenters. The van der Waals surface area contributed by atoms with Crippen molar-refractivity contribution in [2.45, 2.75) is 39.4 Å². The number of nitrogens with zero attached hydrogens (tertiary/aromatic N) is 2. The van der Waals surface area contributed by atoms with E-state index in [-0.39, 0.29) is 18.3 Å². The predicted octanol–water partition coefficient (Wildman–Crippen LogP) is 2.55. The highest BCUT2D eigenvalue weighted by atomic mass is 32.2. The molecule has 11 heteroatoms. The SMILES string of the molecule is COc1ccc(N(CC(=O)N(Cc2ccc(F)cc2)[C@H](C)C(=O)NC(C)C)S(C)(=O)=O)cc1OC. The van der Waals surface area contributed by atoms with E-state index in [4.69, 9.17) is 9.47 Å². The van der Waals surface area contributed by atoms with Crippen LogP contribution in [0.25, 0.3) is 0 Å². The van der Waals surface area contributed by atoms with Crippen molar-refractivity contribution in [2.75, 3.05) is 31.3 Å². The van der Waals surface area contributed by atoms with Crippen LogP contribution in [0, 0.1) is 5.82 Å². The highest BCUT2D eigenvalue weighted by molar-refractivity contribution is 7.92. The second kappa shape index (κ2) is 11.9. The minimum absolute atomic E-state index is 0.0185. The molecule has 0 unspecified atom stereocenters. The van der Waals surface area contributed by atoms with Crippen molar-refractivity contribution in [2.24, 2.45) is 0 Å². The number of carbonyl (C=O) groups is 2. The van der Waals surface area contributed by atoms with Crippen LogP contribution in [0.1, 0.15) is 26.3 Å². The van der Waals surface area contributed by atoms with E-state index in [9.17, 15) is 22.4 Å². The number of amides is 2. The Kier molecular flexibility index (Phi) is 9.47. The van der Waals surface area contributed by atoms with Gasteiger partial charge in [0.2, 0.25) is 21.8 Å². The van der Waals surface area contributed by atoms with Crippen LogP contribution in [0.4, 0.5) is 10.1 Å². The maximum Gasteiger partial charge on any atom is 0.244 e. The summed E-state index contributed by atoms with van der Waals surface area (Å²) in [6.07, 6.45) is 0.982. The van der Waals surface area contributed by atoms with Gasteiger partial charge in [0.25, 0.3) is 0 Å². The molecule has 2 aromatic carbocycles. The lowest BCUT2D eigenvalue weighted by Gasteiger charge is -2.32. The second-order valence-electron chi connectivity index (χ2n) is 8.30. The number of carbonyl (C=O) groups excluding carboxylic acids is 2. The average Bonchev–Trinajstić information content (AvgIpc) is 2.79. The summed E-state index contributed by atoms with van der Waals surface area (Å²) >= 11 is 0. The zero-order chi connectivity index (χ0) is 26.3. The van der Waals surface area contributed by atoms with Crippen LogP contribution in [0.15, 0.2) is 42.5 Å². The third-order valence-electron chi connectivity index (χ3n) is 5.20. The molecule has 2 aromatic rings. The summed E-state index contributed by atoms with van der Waals surface area (Å²) in [6, 6.07) is 8.92. The number of hydrogen-bond donors (Lipinski definition) is 1. The summed E-state index contributed by atoms with van der Waals surface area (Å²) in [4.78, 5) is 27.5. The third kappa shape index (κ3) is 7.57. The molecule has 2 amide bonds. The van der Waals surface area contributed by atoms with Crippen LogP contribution in [-0.2, 0) is 26.2 Å². The van der Waals surface area contributed by atoms with Crippen LogP contribution in [0.2, 0.25) is 0 Å². The Morgan fingerprint density at radius 3 is 2.11 bits per heavy atom. The molecular formula is C24H32FN3O6S. The van der Waals surface area contributed by atoms with Crippen LogP contribution in [0.5, 0.6) is 11.5 Å². The number of methoxy groups -OCH3 is 2. The number of benzene rings is 2. The highest BCUT2D eigenvalue weighted by Crippen LogP contribution is 2.32. The van der Waals surface area contributed by atoms with Gasteiger partial charge in [-0.3, -0.25) is 13.9 Å². The first kappa shape index (κ1) is 27.9. The van der Waals surface area contributed by atoms with E-state index in [0.717, 1.165) is 10.6 Å². The Balaban J connectivity index is 2.43. The summed E-state index contributed by atoms with van der Waals surface area (Å²) in [7, 11) is -1.03. The number of sulfonamides is 1. The van der Waals surface area contributed by atoms with Gasteiger partial charge in [0.15, 0.2) is 11.5 Å². The molecule has 9 nitrogen and oxygen atoms in total. The van der Waals surface area contributed by atoms with Gasteiger partial charge >= 0.3 is 0 Å². The minimum Gasteiger partial charge on any atom is -0.493 e. The minimum atomic E-state index is -3.90. The quantitative estimate of drug-likeness (QED) is 0.499. The highest BCUT2D eigenvalue weighted by Gasteiger charge is 2.30. The van der Waals surface area contributed by atoms with E-state index in [0.29, 0.717) is 17.1 Å². The van der Waals surface area contributed by atoms with Gasteiger partial charge in [0.1, 0.15) is 18.4 Å². The van der Waals surface area contributed by atoms with E-state index in [1.165, 1.54) is 61.6 Å². The summed E-state index contributed by atoms with van der Waals surface area (Å²) in [5.41, 5.74) is 0.778. The molecule has 0 saturated heterocycles. The van der Waals surface area contributed by atoms with Crippen LogP contribution < -0.4 is 19.1 Å². The number of ether oxygens (including phenoxy) is 2. The summed E-state index contributed by atoms with van der Waals surface area (Å²) < 4.78 is 50.1. The lowest BCUT2D eigenvalue weighted by Crippen LogP contribution is -2.52. The van der Waals surface area contributed by atoms with Gasteiger partial charge in [-0.2, -0.15) is 0 Å². The van der Waals surface area contributed by atoms with E-state index >= 15 is 0 Å². The number of hydrogen-bond acceptors (Lipinski definition) is 6. The number of nitrogens with one attached hydrogen (secondary N) is 1. The van der Waals surface area contributed by atoms with Crippen molar-refractivity contribution >= 4 is 27.5 Å². The van der Waals surface area contributed by atoms with Gasteiger partial charge in [-0.15, -0.1) is 0 Å². The molecule has 0 bridgehead atoms. The fourth-order valence-electron chi connectivity index (χ4n) is 3.37. The summed E-state index contributed by atoms with van der Waals surface area (Å²) in [6.45, 7) is 4.56. The number of anilines is 1. The topological polar surface area (TPSA) is 105 Å². The molecule has 0 radical (unpaired) electrons. The third-order valence-corrected chi connectivity index (χ3v) is 6.34. The van der Waals surface area contributed by atoms with E-state index in [1.54, 1.807) is 20.8 Å². The van der Waals surface area contributed by atoms with Crippen molar-refractivity contribution in [3.8, 4) is 11.5 Å². The maximum absolute atomic E-state index is 13.5. The molecule has 0 aliphatic carbocycles. The lowest BCUT2D eigenvalue weighted by molar-refractivity contribution is -0.139. The van der Waals surface area contributed by atoms with Crippen LogP contribution in [-0.4, -0.2) is 64.2 Å². The van der Waals surface area contributed by atoms with Crippen molar-refractivity contribution in [1.29, 1.82) is 0 Å². The van der Waals surface area contributed by atoms with Crippen LogP contribution >= 0.6 is 0 Å². The molecule has 192 valence electrons. The Bertz CT molecular complexity index is 1140. The Morgan fingerprint density at radius 1 is 1.00 bits per heavy atom. The van der Waals surface area contributed by atoms with Crippen molar-refractivity contribution in [3.05, 3.63) is 53.8 Å². The van der Waals surface area contributed by atoms with Crippen molar-refractivity contribution in [3.63, 3.8) is 0 Å². The van der Waals surface area contributed by atoms with Gasteiger partial charge < -0.3 is 19.7 Å². The van der Waals surface area contributed by atoms with E-state index in [1.807, 2.05) is 0 Å². The van der Waals surface area contributed by atoms with E-state index in [2.05, 4.69) is 5.32 Å². The van der Waals surface area contributed by atoms with Gasteiger partial charge in [-0.25, -0.2) is 12.8 Å². The summed E-state index contributed by atoms with van der Waals surface area (Å²) in [5, 5.41) is 2.76. The largest absolute Gasteiger partial charge is 0.493 e. The monoisotopic (exact) mass is 509 g/mol. The van der Waals surface area contributed by atoms with E-state index < -0.39 is 40.2 Å². The standard InChI is InChI=1S/C24H32FN3O6S/c1-16(2)26-24(30)17(3)27(14-18-7-9-19(25)10-8-18)23(29)15-28(35(6,31)32)20-11-12-21(33-4)22(13-20)34-5/h7-13,16-17H,14-15H2,1-6H3,(H,26,30)/t17-/m1/s1. The van der Waals surface area contributed by atoms with Crippen molar-refractivity contribution < 1.29 is 31.9 Å². The lowest BCUT2D eigenvalue weighted by atomic mass is 10.1. The number of rotatable bonds is 11. The normalized spacial score (nSPS) is 12.1. The molecule has 0 saturated carbocycles. The molecule has 0 aromatic heterocycles. The van der Waals surface area contributed by atoms with Crippen LogP contribution in [0.3, 0.4) is 0 Å². The second-order valence-corrected chi connectivity index (χ2v) is 10.2. The molecule has 0 spiro atoms. The molecule has 35 heavy (non-hydrogen) atoms. The summed E-state index contributed by atoms with van der Waals surface area (Å²) in [5.74, 6) is -0.755. The average molecular weight is 510 g/mol. The maximum atomic E-state index is 13.5. The molecule has 2 rings (SSSR count). The van der Waals surface area contributed by atoms with Gasteiger partial charge in [-0.1, -0.05) is 12.1 Å². The van der Waals surface area contributed by atoms with Crippen molar-refractivity contribution in [1.82, 2.24) is 10.2 Å². The fraction of sp³-hybridized carbons (Fsp3) is 0.417. The van der Waals surface area contributed by atoms with Gasteiger partial charge in [0, 0.05) is 18.7 Å². The Morgan fingerprint density at radius 2 is 1.60 bits per heavy atom. The smallest absolute Gasteiger partial charge is 0.244 e. The number of halogens is 1. The zero-order valence-electron chi connectivity index (χ0n) is 20.7. The zero-order valence-corrected chi connectivity index (χ0v) is 21.6. The first-order valence-electron chi connectivity index (χ1n) is 10.9. The fourth-order valence-corrected chi connectivity index (χ4v) is 4.21. The molecule has 0 fully saturated rings. The first-order valence-corrected chi connectivity index (χ1v) is 12.8. The van der Waals surface area contributed by atoms with Gasteiger partial charge in [-0.05, 0) is 50.6 Å². The Hall–Kier alpha value is -3.34. The molecule has 0 aliphatic rings.